The molecule has 0 radical (unpaired) electrons. The Labute approximate surface area is 116 Å². The largest absolute Gasteiger partial charge is 0.355 e. The zero-order valence-electron chi connectivity index (χ0n) is 11.6. The topological polar surface area (TPSA) is 61.4 Å². The summed E-state index contributed by atoms with van der Waals surface area (Å²) in [6.45, 7) is 9.60. The van der Waals surface area contributed by atoms with Crippen LogP contribution in [0.2, 0.25) is 0 Å². The molecule has 0 aromatic rings. The van der Waals surface area contributed by atoms with Crippen LogP contribution in [0, 0.1) is 0 Å². The molecule has 0 aromatic carbocycles. The molecule has 0 aliphatic carbocycles. The van der Waals surface area contributed by atoms with E-state index in [2.05, 4.69) is 10.6 Å². The zero-order chi connectivity index (χ0) is 13.1. The maximum atomic E-state index is 11.6. The minimum Gasteiger partial charge on any atom is -0.355 e. The molecule has 0 bridgehead atoms. The summed E-state index contributed by atoms with van der Waals surface area (Å²) in [5.74, 6) is 0.000224. The van der Waals surface area contributed by atoms with Crippen molar-refractivity contribution in [3.8, 4) is 0 Å². The molecule has 108 valence electrons. The van der Waals surface area contributed by atoms with Gasteiger partial charge < -0.3 is 15.5 Å². The van der Waals surface area contributed by atoms with Gasteiger partial charge in [-0.25, -0.2) is 0 Å². The van der Waals surface area contributed by atoms with Gasteiger partial charge in [-0.05, 0) is 20.4 Å². The van der Waals surface area contributed by atoms with Crippen LogP contribution in [0.5, 0.6) is 0 Å². The van der Waals surface area contributed by atoms with E-state index in [1.165, 1.54) is 0 Å². The molecule has 0 rings (SSSR count). The predicted molar refractivity (Wildman–Crippen MR) is 76.0 cm³/mol. The van der Waals surface area contributed by atoms with E-state index in [0.29, 0.717) is 26.1 Å². The van der Waals surface area contributed by atoms with Gasteiger partial charge in [-0.1, -0.05) is 6.92 Å². The lowest BCUT2D eigenvalue weighted by molar-refractivity contribution is -0.133. The number of hydrogen-bond donors (Lipinski definition) is 2. The summed E-state index contributed by atoms with van der Waals surface area (Å²) in [4.78, 5) is 24.8. The Kier molecular flexibility index (Phi) is 13.7. The van der Waals surface area contributed by atoms with E-state index >= 15 is 0 Å². The van der Waals surface area contributed by atoms with Gasteiger partial charge in [0, 0.05) is 39.0 Å². The van der Waals surface area contributed by atoms with Crippen molar-refractivity contribution in [2.75, 3.05) is 32.7 Å². The van der Waals surface area contributed by atoms with E-state index in [0.717, 1.165) is 13.1 Å². The first kappa shape index (κ1) is 19.5. The number of hydrogen-bond acceptors (Lipinski definition) is 3. The van der Waals surface area contributed by atoms with Crippen LogP contribution in [0.15, 0.2) is 0 Å². The van der Waals surface area contributed by atoms with Crippen LogP contribution < -0.4 is 10.6 Å². The Morgan fingerprint density at radius 1 is 1.00 bits per heavy atom. The Bertz CT molecular complexity index is 233. The molecule has 6 heteroatoms. The minimum absolute atomic E-state index is 0. The number of nitrogens with zero attached hydrogens (tertiary/aromatic N) is 1. The van der Waals surface area contributed by atoms with Gasteiger partial charge in [0.15, 0.2) is 0 Å². The van der Waals surface area contributed by atoms with Crippen molar-refractivity contribution in [3.63, 3.8) is 0 Å². The van der Waals surface area contributed by atoms with E-state index in [1.54, 1.807) is 4.90 Å². The molecule has 0 unspecified atom stereocenters. The van der Waals surface area contributed by atoms with E-state index in [4.69, 9.17) is 0 Å². The lowest BCUT2D eigenvalue weighted by Gasteiger charge is -2.18. The molecule has 0 fully saturated rings. The first-order valence-corrected chi connectivity index (χ1v) is 6.40. The van der Waals surface area contributed by atoms with Gasteiger partial charge in [0.05, 0.1) is 0 Å². The predicted octanol–water partition coefficient (Wildman–Crippen LogP) is 0.782. The summed E-state index contributed by atoms with van der Waals surface area (Å²) in [6, 6.07) is 0. The molecule has 5 nitrogen and oxygen atoms in total. The Hall–Kier alpha value is -0.810. The molecule has 2 N–H and O–H groups in total. The molecule has 0 saturated heterocycles. The first-order valence-electron chi connectivity index (χ1n) is 6.40. The number of likely N-dealkylation sites (N-methyl/N-ethyl adjacent to an activating group) is 1. The quantitative estimate of drug-likeness (QED) is 0.613. The minimum atomic E-state index is -0.0524. The molecular weight excluding hydrogens is 254 g/mol. The SMILES string of the molecule is CCNCCNC(=O)CCC(=O)N(CC)CC.Cl. The van der Waals surface area contributed by atoms with E-state index < -0.39 is 0 Å². The fourth-order valence-corrected chi connectivity index (χ4v) is 1.51. The van der Waals surface area contributed by atoms with Gasteiger partial charge in [0.1, 0.15) is 0 Å². The number of amides is 2. The number of nitrogens with one attached hydrogen (secondary N) is 2. The second-order valence-corrected chi connectivity index (χ2v) is 3.77. The third-order valence-corrected chi connectivity index (χ3v) is 2.56. The highest BCUT2D eigenvalue weighted by molar-refractivity contribution is 5.85. The van der Waals surface area contributed by atoms with Crippen LogP contribution in [0.4, 0.5) is 0 Å². The van der Waals surface area contributed by atoms with Crippen LogP contribution in [-0.4, -0.2) is 49.4 Å². The van der Waals surface area contributed by atoms with E-state index in [-0.39, 0.29) is 30.6 Å². The van der Waals surface area contributed by atoms with Crippen LogP contribution in [0.3, 0.4) is 0 Å². The standard InChI is InChI=1S/C12H25N3O2.ClH/c1-4-13-9-10-14-11(16)7-8-12(17)15(5-2)6-3;/h13H,4-10H2,1-3H3,(H,14,16);1H. The number of carbonyl (C=O) groups excluding carboxylic acids is 2. The molecule has 0 atom stereocenters. The maximum Gasteiger partial charge on any atom is 0.223 e. The zero-order valence-corrected chi connectivity index (χ0v) is 12.4. The summed E-state index contributed by atoms with van der Waals surface area (Å²) in [7, 11) is 0. The van der Waals surface area contributed by atoms with Crippen molar-refractivity contribution in [2.45, 2.75) is 33.6 Å². The van der Waals surface area contributed by atoms with Crippen molar-refractivity contribution in [2.24, 2.45) is 0 Å². The summed E-state index contributed by atoms with van der Waals surface area (Å²) in [6.07, 6.45) is 0.580. The Balaban J connectivity index is 0. The third kappa shape index (κ3) is 9.24. The average molecular weight is 280 g/mol. The summed E-state index contributed by atoms with van der Waals surface area (Å²) in [5.41, 5.74) is 0. The van der Waals surface area contributed by atoms with Crippen molar-refractivity contribution in [1.29, 1.82) is 0 Å². The number of halogens is 1. The molecular formula is C12H26ClN3O2. The van der Waals surface area contributed by atoms with Gasteiger partial charge in [-0.3, -0.25) is 9.59 Å². The smallest absolute Gasteiger partial charge is 0.223 e. The van der Waals surface area contributed by atoms with Gasteiger partial charge in [0.2, 0.25) is 11.8 Å². The van der Waals surface area contributed by atoms with Crippen molar-refractivity contribution in [1.82, 2.24) is 15.5 Å². The van der Waals surface area contributed by atoms with E-state index in [9.17, 15) is 9.59 Å². The second-order valence-electron chi connectivity index (χ2n) is 3.77. The first-order chi connectivity index (χ1) is 8.15. The number of rotatable bonds is 9. The van der Waals surface area contributed by atoms with Gasteiger partial charge in [-0.2, -0.15) is 0 Å². The van der Waals surface area contributed by atoms with E-state index in [1.807, 2.05) is 20.8 Å². The van der Waals surface area contributed by atoms with Crippen LogP contribution in [0.1, 0.15) is 33.6 Å². The van der Waals surface area contributed by atoms with Crippen molar-refractivity contribution < 1.29 is 9.59 Å². The Morgan fingerprint density at radius 3 is 2.11 bits per heavy atom. The van der Waals surface area contributed by atoms with Crippen LogP contribution >= 0.6 is 12.4 Å². The summed E-state index contributed by atoms with van der Waals surface area (Å²) >= 11 is 0. The number of carbonyl (C=O) groups is 2. The molecule has 0 aromatic heterocycles. The summed E-state index contributed by atoms with van der Waals surface area (Å²) in [5, 5.41) is 5.89. The molecule has 0 aliphatic rings. The lowest BCUT2D eigenvalue weighted by Crippen LogP contribution is -2.34. The van der Waals surface area contributed by atoms with Gasteiger partial charge >= 0.3 is 0 Å². The van der Waals surface area contributed by atoms with Crippen LogP contribution in [0.25, 0.3) is 0 Å². The van der Waals surface area contributed by atoms with Gasteiger partial charge in [0.25, 0.3) is 0 Å². The lowest BCUT2D eigenvalue weighted by atomic mass is 10.2. The Morgan fingerprint density at radius 2 is 1.61 bits per heavy atom. The molecule has 0 aliphatic heterocycles. The molecule has 0 heterocycles. The summed E-state index contributed by atoms with van der Waals surface area (Å²) < 4.78 is 0. The maximum absolute atomic E-state index is 11.6. The molecule has 0 spiro atoms. The fourth-order valence-electron chi connectivity index (χ4n) is 1.51. The monoisotopic (exact) mass is 279 g/mol. The highest BCUT2D eigenvalue weighted by Gasteiger charge is 2.11. The highest BCUT2D eigenvalue weighted by Crippen LogP contribution is 1.97. The fraction of sp³-hybridized carbons (Fsp3) is 0.833. The van der Waals surface area contributed by atoms with Gasteiger partial charge in [-0.15, -0.1) is 12.4 Å². The third-order valence-electron chi connectivity index (χ3n) is 2.56. The highest BCUT2D eigenvalue weighted by atomic mass is 35.5. The molecule has 0 saturated carbocycles. The van der Waals surface area contributed by atoms with Crippen molar-refractivity contribution >= 4 is 24.2 Å². The molecule has 18 heavy (non-hydrogen) atoms. The van der Waals surface area contributed by atoms with Crippen molar-refractivity contribution in [3.05, 3.63) is 0 Å². The normalized spacial score (nSPS) is 9.50. The van der Waals surface area contributed by atoms with Crippen LogP contribution in [-0.2, 0) is 9.59 Å². The average Bonchev–Trinajstić information content (AvgIpc) is 2.33. The molecule has 2 amide bonds. The second kappa shape index (κ2) is 12.6.